The molecule has 1 atom stereocenters. The van der Waals surface area contributed by atoms with E-state index in [1.165, 1.54) is 6.92 Å². The Morgan fingerprint density at radius 1 is 0.931 bits per heavy atom. The number of anilines is 1. The number of carbonyl (C=O) groups is 2. The predicted molar refractivity (Wildman–Crippen MR) is 115 cm³/mol. The van der Waals surface area contributed by atoms with Gasteiger partial charge in [0.25, 0.3) is 5.91 Å². The molecule has 3 rings (SSSR count). The van der Waals surface area contributed by atoms with E-state index in [1.54, 1.807) is 36.4 Å². The molecule has 0 heterocycles. The standard InChI is InChI=1S/C23H20BrNO4/c1-16(22(26)25-19-13-11-18(24)12-14-19)29-23(27)20-9-5-6-10-21(20)28-15-17-7-3-2-4-8-17/h2-14,16H,15H2,1H3,(H,25,26). The smallest absolute Gasteiger partial charge is 0.342 e. The van der Waals surface area contributed by atoms with Gasteiger partial charge in [0, 0.05) is 10.2 Å². The Morgan fingerprint density at radius 2 is 1.59 bits per heavy atom. The van der Waals surface area contributed by atoms with Gasteiger partial charge in [0.05, 0.1) is 0 Å². The summed E-state index contributed by atoms with van der Waals surface area (Å²) in [5.41, 5.74) is 1.87. The van der Waals surface area contributed by atoms with E-state index >= 15 is 0 Å². The Labute approximate surface area is 177 Å². The minimum atomic E-state index is -0.965. The van der Waals surface area contributed by atoms with Gasteiger partial charge in [-0.25, -0.2) is 4.79 Å². The number of ether oxygens (including phenoxy) is 2. The molecule has 29 heavy (non-hydrogen) atoms. The second kappa shape index (κ2) is 9.89. The molecule has 1 N–H and O–H groups in total. The molecule has 0 aliphatic rings. The highest BCUT2D eigenvalue weighted by atomic mass is 79.9. The average molecular weight is 454 g/mol. The molecule has 0 aliphatic carbocycles. The quantitative estimate of drug-likeness (QED) is 0.498. The molecule has 3 aromatic rings. The van der Waals surface area contributed by atoms with Gasteiger partial charge in [-0.3, -0.25) is 4.79 Å². The summed E-state index contributed by atoms with van der Waals surface area (Å²) in [7, 11) is 0. The second-order valence-electron chi connectivity index (χ2n) is 6.31. The number of carbonyl (C=O) groups excluding carboxylic acids is 2. The molecule has 1 amide bonds. The van der Waals surface area contributed by atoms with Gasteiger partial charge in [-0.2, -0.15) is 0 Å². The monoisotopic (exact) mass is 453 g/mol. The van der Waals surface area contributed by atoms with Gasteiger partial charge in [0.1, 0.15) is 17.9 Å². The van der Waals surface area contributed by atoms with Gasteiger partial charge in [0.2, 0.25) is 0 Å². The van der Waals surface area contributed by atoms with E-state index in [1.807, 2.05) is 42.5 Å². The maximum absolute atomic E-state index is 12.6. The first-order chi connectivity index (χ1) is 14.0. The van der Waals surface area contributed by atoms with Crippen LogP contribution in [0.15, 0.2) is 83.3 Å². The summed E-state index contributed by atoms with van der Waals surface area (Å²) in [6.45, 7) is 1.85. The van der Waals surface area contributed by atoms with Crippen LogP contribution in [0.5, 0.6) is 5.75 Å². The average Bonchev–Trinajstić information content (AvgIpc) is 2.74. The van der Waals surface area contributed by atoms with E-state index in [4.69, 9.17) is 9.47 Å². The maximum Gasteiger partial charge on any atom is 0.342 e. The topological polar surface area (TPSA) is 64.6 Å². The largest absolute Gasteiger partial charge is 0.488 e. The Bertz CT molecular complexity index is 974. The van der Waals surface area contributed by atoms with E-state index in [0.29, 0.717) is 18.0 Å². The van der Waals surface area contributed by atoms with E-state index in [0.717, 1.165) is 10.0 Å². The summed E-state index contributed by atoms with van der Waals surface area (Å²) in [6, 6.07) is 23.6. The third kappa shape index (κ3) is 5.93. The van der Waals surface area contributed by atoms with E-state index < -0.39 is 18.0 Å². The molecule has 148 valence electrons. The number of benzene rings is 3. The van der Waals surface area contributed by atoms with Crippen molar-refractivity contribution in [3.8, 4) is 5.75 Å². The summed E-state index contributed by atoms with van der Waals surface area (Å²) in [5.74, 6) is -0.627. The molecule has 0 bridgehead atoms. The molecule has 0 fully saturated rings. The van der Waals surface area contributed by atoms with Crippen molar-refractivity contribution in [1.29, 1.82) is 0 Å². The number of amides is 1. The zero-order valence-corrected chi connectivity index (χ0v) is 17.4. The number of esters is 1. The molecule has 1 unspecified atom stereocenters. The first-order valence-corrected chi connectivity index (χ1v) is 9.85. The van der Waals surface area contributed by atoms with Crippen LogP contribution in [0.4, 0.5) is 5.69 Å². The number of hydrogen-bond acceptors (Lipinski definition) is 4. The minimum Gasteiger partial charge on any atom is -0.488 e. The Kier molecular flexibility index (Phi) is 7.03. The molecule has 0 spiro atoms. The van der Waals surface area contributed by atoms with Crippen LogP contribution < -0.4 is 10.1 Å². The molecule has 0 saturated heterocycles. The molecule has 0 aromatic heterocycles. The number of hydrogen-bond donors (Lipinski definition) is 1. The van der Waals surface area contributed by atoms with Gasteiger partial charge in [-0.05, 0) is 48.9 Å². The van der Waals surface area contributed by atoms with E-state index in [9.17, 15) is 9.59 Å². The summed E-state index contributed by atoms with van der Waals surface area (Å²) >= 11 is 3.34. The lowest BCUT2D eigenvalue weighted by molar-refractivity contribution is -0.123. The third-order valence-electron chi connectivity index (χ3n) is 4.11. The van der Waals surface area contributed by atoms with Gasteiger partial charge in [-0.15, -0.1) is 0 Å². The highest BCUT2D eigenvalue weighted by molar-refractivity contribution is 9.10. The Hall–Kier alpha value is -3.12. The fourth-order valence-electron chi connectivity index (χ4n) is 2.55. The summed E-state index contributed by atoms with van der Waals surface area (Å²) in [4.78, 5) is 24.9. The molecule has 0 saturated carbocycles. The van der Waals surface area contributed by atoms with Crippen LogP contribution in [0.1, 0.15) is 22.8 Å². The Balaban J connectivity index is 1.62. The first kappa shape index (κ1) is 20.6. The first-order valence-electron chi connectivity index (χ1n) is 9.06. The van der Waals surface area contributed by atoms with Crippen molar-refractivity contribution in [3.05, 3.63) is 94.5 Å². The van der Waals surface area contributed by atoms with Crippen molar-refractivity contribution in [2.45, 2.75) is 19.6 Å². The normalized spacial score (nSPS) is 11.4. The summed E-state index contributed by atoms with van der Waals surface area (Å²) in [6.07, 6.45) is -0.965. The molecule has 5 nitrogen and oxygen atoms in total. The van der Waals surface area contributed by atoms with Crippen LogP contribution in [0, 0.1) is 0 Å². The van der Waals surface area contributed by atoms with E-state index in [2.05, 4.69) is 21.2 Å². The molecule has 6 heteroatoms. The molecule has 3 aromatic carbocycles. The lowest BCUT2D eigenvalue weighted by atomic mass is 10.2. The Morgan fingerprint density at radius 3 is 2.31 bits per heavy atom. The van der Waals surface area contributed by atoms with Crippen LogP contribution in [0.2, 0.25) is 0 Å². The van der Waals surface area contributed by atoms with Crippen molar-refractivity contribution in [3.63, 3.8) is 0 Å². The lowest BCUT2D eigenvalue weighted by Crippen LogP contribution is -2.30. The van der Waals surface area contributed by atoms with Gasteiger partial charge >= 0.3 is 5.97 Å². The maximum atomic E-state index is 12.6. The SMILES string of the molecule is CC(OC(=O)c1ccccc1OCc1ccccc1)C(=O)Nc1ccc(Br)cc1. The fraction of sp³-hybridized carbons (Fsp3) is 0.130. The van der Waals surface area contributed by atoms with Crippen molar-refractivity contribution in [2.24, 2.45) is 0 Å². The summed E-state index contributed by atoms with van der Waals surface area (Å²) < 4.78 is 12.0. The van der Waals surface area contributed by atoms with E-state index in [-0.39, 0.29) is 5.56 Å². The minimum absolute atomic E-state index is 0.270. The van der Waals surface area contributed by atoms with Crippen LogP contribution in [-0.4, -0.2) is 18.0 Å². The highest BCUT2D eigenvalue weighted by Gasteiger charge is 2.21. The van der Waals surface area contributed by atoms with Crippen LogP contribution in [0.25, 0.3) is 0 Å². The fourth-order valence-corrected chi connectivity index (χ4v) is 2.82. The van der Waals surface area contributed by atoms with Gasteiger partial charge < -0.3 is 14.8 Å². The molecular weight excluding hydrogens is 434 g/mol. The zero-order valence-electron chi connectivity index (χ0n) is 15.8. The molecule has 0 radical (unpaired) electrons. The highest BCUT2D eigenvalue weighted by Crippen LogP contribution is 2.21. The lowest BCUT2D eigenvalue weighted by Gasteiger charge is -2.15. The van der Waals surface area contributed by atoms with Crippen molar-refractivity contribution >= 4 is 33.5 Å². The number of rotatable bonds is 7. The summed E-state index contributed by atoms with van der Waals surface area (Å²) in [5, 5.41) is 2.72. The third-order valence-corrected chi connectivity index (χ3v) is 4.64. The number of para-hydroxylation sites is 1. The second-order valence-corrected chi connectivity index (χ2v) is 7.23. The van der Waals surface area contributed by atoms with Crippen molar-refractivity contribution < 1.29 is 19.1 Å². The van der Waals surface area contributed by atoms with Crippen LogP contribution in [0.3, 0.4) is 0 Å². The predicted octanol–water partition coefficient (Wildman–Crippen LogP) is 5.21. The molecule has 0 aliphatic heterocycles. The van der Waals surface area contributed by atoms with Gasteiger partial charge in [0.15, 0.2) is 6.10 Å². The van der Waals surface area contributed by atoms with Gasteiger partial charge in [-0.1, -0.05) is 58.4 Å². The number of halogens is 1. The van der Waals surface area contributed by atoms with Crippen molar-refractivity contribution in [1.82, 2.24) is 0 Å². The van der Waals surface area contributed by atoms with Crippen LogP contribution >= 0.6 is 15.9 Å². The molecular formula is C23H20BrNO4. The number of nitrogens with one attached hydrogen (secondary N) is 1. The van der Waals surface area contributed by atoms with Crippen LogP contribution in [-0.2, 0) is 16.1 Å². The zero-order chi connectivity index (χ0) is 20.6. The van der Waals surface area contributed by atoms with Crippen molar-refractivity contribution in [2.75, 3.05) is 5.32 Å².